The maximum Gasteiger partial charge on any atom is 0.317 e. The molecule has 0 saturated carbocycles. The van der Waals surface area contributed by atoms with E-state index in [2.05, 4.69) is 15.5 Å². The fourth-order valence-electron chi connectivity index (χ4n) is 4.23. The minimum atomic E-state index is -0.815. The van der Waals surface area contributed by atoms with Crippen LogP contribution in [0.3, 0.4) is 0 Å². The van der Waals surface area contributed by atoms with Crippen molar-refractivity contribution in [3.8, 4) is 17.0 Å². The minimum Gasteiger partial charge on any atom is -0.507 e. The largest absolute Gasteiger partial charge is 0.507 e. The van der Waals surface area contributed by atoms with Gasteiger partial charge in [-0.05, 0) is 56.3 Å². The molecule has 1 aromatic carbocycles. The molecule has 0 spiro atoms. The molecule has 2 heterocycles. The van der Waals surface area contributed by atoms with E-state index in [0.29, 0.717) is 17.8 Å². The summed E-state index contributed by atoms with van der Waals surface area (Å²) in [5, 5.41) is 31.3. The molecule has 1 atom stereocenters. The van der Waals surface area contributed by atoms with E-state index >= 15 is 0 Å². The smallest absolute Gasteiger partial charge is 0.317 e. The number of phenolic OH excluding ortho intramolecular Hbond substituents is 1. The molecule has 0 amide bonds. The maximum atomic E-state index is 13.3. The number of piperidine rings is 1. The van der Waals surface area contributed by atoms with Gasteiger partial charge in [0.25, 0.3) is 0 Å². The summed E-state index contributed by atoms with van der Waals surface area (Å²) in [5.41, 5.74) is 3.22. The molecule has 0 radical (unpaired) electrons. The van der Waals surface area contributed by atoms with Crippen LogP contribution in [0.4, 0.5) is 10.2 Å². The molecule has 28 heavy (non-hydrogen) atoms. The third-order valence-corrected chi connectivity index (χ3v) is 5.46. The van der Waals surface area contributed by atoms with Crippen molar-refractivity contribution in [1.29, 1.82) is 0 Å². The molecule has 1 saturated heterocycles. The van der Waals surface area contributed by atoms with Gasteiger partial charge in [0.2, 0.25) is 0 Å². The van der Waals surface area contributed by atoms with Crippen LogP contribution in [-0.4, -0.2) is 57.0 Å². The number of anilines is 1. The molecule has 2 aromatic rings. The number of nitrogens with one attached hydrogen (secondary N) is 1. The highest BCUT2D eigenvalue weighted by Gasteiger charge is 2.27. The summed E-state index contributed by atoms with van der Waals surface area (Å²) in [6.45, 7) is 1.49. The highest BCUT2D eigenvalue weighted by atomic mass is 19.1. The van der Waals surface area contributed by atoms with Gasteiger partial charge in [0.15, 0.2) is 5.82 Å². The van der Waals surface area contributed by atoms with Crippen LogP contribution in [0.25, 0.3) is 11.3 Å². The van der Waals surface area contributed by atoms with E-state index in [1.807, 2.05) is 4.90 Å². The predicted molar refractivity (Wildman–Crippen MR) is 102 cm³/mol. The number of carboxylic acid groups (broad SMARTS) is 1. The van der Waals surface area contributed by atoms with Crippen LogP contribution in [0.5, 0.6) is 5.75 Å². The summed E-state index contributed by atoms with van der Waals surface area (Å²) >= 11 is 0. The lowest BCUT2D eigenvalue weighted by Crippen LogP contribution is -2.44. The average Bonchev–Trinajstić information content (AvgIpc) is 3.13. The lowest BCUT2D eigenvalue weighted by molar-refractivity contribution is -0.138. The highest BCUT2D eigenvalue weighted by Crippen LogP contribution is 2.37. The summed E-state index contributed by atoms with van der Waals surface area (Å²) in [6, 6.07) is 4.05. The number of halogens is 1. The summed E-state index contributed by atoms with van der Waals surface area (Å²) in [4.78, 5) is 12.9. The van der Waals surface area contributed by atoms with Gasteiger partial charge in [0, 0.05) is 29.8 Å². The standard InChI is InChI=1S/C20H23FN4O3/c21-12-6-7-16(17(26)9-12)19-14-4-1-5-15(14)20(24-23-19)22-13-3-2-8-25(10-13)11-18(27)28/h6-7,9,13,26H,1-5,8,10-11H2,(H,22,24)(H,27,28)/t13-/m1/s1. The molecule has 1 aliphatic carbocycles. The lowest BCUT2D eigenvalue weighted by Gasteiger charge is -2.32. The monoisotopic (exact) mass is 386 g/mol. The van der Waals surface area contributed by atoms with Gasteiger partial charge in [-0.3, -0.25) is 9.69 Å². The van der Waals surface area contributed by atoms with Gasteiger partial charge in [0.05, 0.1) is 6.54 Å². The number of likely N-dealkylation sites (tertiary alicyclic amines) is 1. The van der Waals surface area contributed by atoms with Crippen molar-refractivity contribution in [2.24, 2.45) is 0 Å². The number of benzene rings is 1. The first-order valence-corrected chi connectivity index (χ1v) is 9.59. The number of carboxylic acids is 1. The van der Waals surface area contributed by atoms with Crippen LogP contribution in [0.15, 0.2) is 18.2 Å². The van der Waals surface area contributed by atoms with Gasteiger partial charge in [0.1, 0.15) is 17.3 Å². The molecular formula is C20H23FN4O3. The van der Waals surface area contributed by atoms with Crippen molar-refractivity contribution in [2.45, 2.75) is 38.1 Å². The molecule has 8 heteroatoms. The molecule has 1 aliphatic heterocycles. The summed E-state index contributed by atoms with van der Waals surface area (Å²) in [7, 11) is 0. The van der Waals surface area contributed by atoms with Crippen LogP contribution in [0, 0.1) is 5.82 Å². The third-order valence-electron chi connectivity index (χ3n) is 5.46. The van der Waals surface area contributed by atoms with Crippen molar-refractivity contribution in [3.63, 3.8) is 0 Å². The zero-order chi connectivity index (χ0) is 19.7. The fraction of sp³-hybridized carbons (Fsp3) is 0.450. The molecular weight excluding hydrogens is 363 g/mol. The Balaban J connectivity index is 1.58. The summed E-state index contributed by atoms with van der Waals surface area (Å²) < 4.78 is 13.3. The maximum absolute atomic E-state index is 13.3. The zero-order valence-corrected chi connectivity index (χ0v) is 15.5. The molecule has 1 aromatic heterocycles. The molecule has 0 unspecified atom stereocenters. The number of aliphatic carboxylic acids is 1. The van der Waals surface area contributed by atoms with Crippen LogP contribution in [0.1, 0.15) is 30.4 Å². The van der Waals surface area contributed by atoms with E-state index in [1.165, 1.54) is 12.1 Å². The second-order valence-corrected chi connectivity index (χ2v) is 7.48. The second-order valence-electron chi connectivity index (χ2n) is 7.48. The molecule has 7 nitrogen and oxygen atoms in total. The fourth-order valence-corrected chi connectivity index (χ4v) is 4.23. The Labute approximate surface area is 162 Å². The third kappa shape index (κ3) is 3.77. The van der Waals surface area contributed by atoms with Crippen molar-refractivity contribution in [3.05, 3.63) is 35.1 Å². The van der Waals surface area contributed by atoms with E-state index in [4.69, 9.17) is 5.11 Å². The number of rotatable bonds is 5. The van der Waals surface area contributed by atoms with Crippen molar-refractivity contribution in [2.75, 3.05) is 25.0 Å². The van der Waals surface area contributed by atoms with E-state index in [9.17, 15) is 14.3 Å². The van der Waals surface area contributed by atoms with Crippen molar-refractivity contribution < 1.29 is 19.4 Å². The first-order chi connectivity index (χ1) is 13.5. The zero-order valence-electron chi connectivity index (χ0n) is 15.5. The number of carbonyl (C=O) groups is 1. The number of hydrogen-bond donors (Lipinski definition) is 3. The van der Waals surface area contributed by atoms with E-state index in [0.717, 1.165) is 61.7 Å². The molecule has 0 bridgehead atoms. The predicted octanol–water partition coefficient (Wildman–Crippen LogP) is 2.44. The van der Waals surface area contributed by atoms with E-state index in [-0.39, 0.29) is 18.3 Å². The SMILES string of the molecule is O=C(O)CN1CCC[C@@H](Nc2nnc(-c3ccc(F)cc3O)c3c2CCC3)C1. The Morgan fingerprint density at radius 1 is 1.25 bits per heavy atom. The number of fused-ring (bicyclic) bond motifs is 1. The summed E-state index contributed by atoms with van der Waals surface area (Å²) in [6.07, 6.45) is 4.56. The molecule has 3 N–H and O–H groups in total. The van der Waals surface area contributed by atoms with Gasteiger partial charge in [-0.25, -0.2) is 4.39 Å². The first kappa shape index (κ1) is 18.6. The van der Waals surface area contributed by atoms with Gasteiger partial charge >= 0.3 is 5.97 Å². The Hall–Kier alpha value is -2.74. The van der Waals surface area contributed by atoms with E-state index < -0.39 is 11.8 Å². The second kappa shape index (κ2) is 7.71. The Bertz CT molecular complexity index is 905. The van der Waals surface area contributed by atoms with Gasteiger partial charge in [-0.15, -0.1) is 10.2 Å². The number of phenols is 1. The van der Waals surface area contributed by atoms with Gasteiger partial charge < -0.3 is 15.5 Å². The number of hydrogen-bond acceptors (Lipinski definition) is 6. The normalized spacial score (nSPS) is 19.4. The minimum absolute atomic E-state index is 0.0464. The van der Waals surface area contributed by atoms with E-state index in [1.54, 1.807) is 0 Å². The highest BCUT2D eigenvalue weighted by molar-refractivity contribution is 5.73. The Morgan fingerprint density at radius 2 is 2.07 bits per heavy atom. The van der Waals surface area contributed by atoms with Gasteiger partial charge in [-0.1, -0.05) is 0 Å². The topological polar surface area (TPSA) is 98.6 Å². The molecule has 2 aliphatic rings. The first-order valence-electron chi connectivity index (χ1n) is 9.59. The number of aromatic nitrogens is 2. The Morgan fingerprint density at radius 3 is 2.86 bits per heavy atom. The molecule has 1 fully saturated rings. The van der Waals surface area contributed by atoms with Crippen LogP contribution in [-0.2, 0) is 17.6 Å². The number of nitrogens with zero attached hydrogens (tertiary/aromatic N) is 3. The molecule has 148 valence electrons. The van der Waals surface area contributed by atoms with Gasteiger partial charge in [-0.2, -0.15) is 0 Å². The van der Waals surface area contributed by atoms with Crippen LogP contribution < -0.4 is 5.32 Å². The Kier molecular flexibility index (Phi) is 5.13. The number of aromatic hydroxyl groups is 1. The van der Waals surface area contributed by atoms with Crippen LogP contribution >= 0.6 is 0 Å². The van der Waals surface area contributed by atoms with Crippen LogP contribution in [0.2, 0.25) is 0 Å². The summed E-state index contributed by atoms with van der Waals surface area (Å²) in [5.74, 6) is -0.710. The van der Waals surface area contributed by atoms with Crippen molar-refractivity contribution >= 4 is 11.8 Å². The molecule has 4 rings (SSSR count). The average molecular weight is 386 g/mol. The lowest BCUT2D eigenvalue weighted by atomic mass is 10.0. The van der Waals surface area contributed by atoms with Crippen molar-refractivity contribution in [1.82, 2.24) is 15.1 Å². The quantitative estimate of drug-likeness (QED) is 0.726.